The molecule has 0 heterocycles. The summed E-state index contributed by atoms with van der Waals surface area (Å²) in [6.45, 7) is 5.45. The summed E-state index contributed by atoms with van der Waals surface area (Å²) in [7, 11) is 0. The van der Waals surface area contributed by atoms with Crippen LogP contribution >= 0.6 is 0 Å². The molecular weight excluding hydrogens is 220 g/mol. The number of carbonyl (C=O) groups is 2. The van der Waals surface area contributed by atoms with Gasteiger partial charge in [-0.15, -0.1) is 0 Å². The summed E-state index contributed by atoms with van der Waals surface area (Å²) in [4.78, 5) is 23.0. The van der Waals surface area contributed by atoms with E-state index in [0.717, 1.165) is 19.3 Å². The minimum atomic E-state index is -0.730. The largest absolute Gasteiger partial charge is 0.481 e. The molecule has 96 valence electrons. The zero-order chi connectivity index (χ0) is 12.8. The summed E-state index contributed by atoms with van der Waals surface area (Å²) < 4.78 is 5.49. The fourth-order valence-corrected chi connectivity index (χ4v) is 3.10. The van der Waals surface area contributed by atoms with Crippen molar-refractivity contribution in [1.82, 2.24) is 0 Å². The van der Waals surface area contributed by atoms with Gasteiger partial charge < -0.3 is 9.84 Å². The zero-order valence-electron chi connectivity index (χ0n) is 10.6. The Labute approximate surface area is 101 Å². The van der Waals surface area contributed by atoms with E-state index >= 15 is 0 Å². The molecule has 4 atom stereocenters. The van der Waals surface area contributed by atoms with E-state index in [1.165, 1.54) is 0 Å². The highest BCUT2D eigenvalue weighted by Crippen LogP contribution is 2.51. The molecule has 0 aromatic heterocycles. The standard InChI is InChI=1S/C13H20O4/c1-13(2,3)12(16)17-9-6-7-4-5-8(9)10(7)11(14)15/h7-10H,4-6H2,1-3H3,(H,14,15). The minimum absolute atomic E-state index is 0.0313. The van der Waals surface area contributed by atoms with Gasteiger partial charge in [0, 0.05) is 5.92 Å². The van der Waals surface area contributed by atoms with E-state index in [-0.39, 0.29) is 29.8 Å². The van der Waals surface area contributed by atoms with Crippen LogP contribution in [0.5, 0.6) is 0 Å². The van der Waals surface area contributed by atoms with Crippen molar-refractivity contribution < 1.29 is 19.4 Å². The van der Waals surface area contributed by atoms with Gasteiger partial charge in [0.25, 0.3) is 0 Å². The molecule has 2 aliphatic carbocycles. The van der Waals surface area contributed by atoms with Gasteiger partial charge in [-0.25, -0.2) is 0 Å². The van der Waals surface area contributed by atoms with Crippen LogP contribution in [0.25, 0.3) is 0 Å². The van der Waals surface area contributed by atoms with E-state index in [0.29, 0.717) is 0 Å². The number of esters is 1. The molecule has 4 heteroatoms. The number of ether oxygens (including phenoxy) is 1. The first-order chi connectivity index (χ1) is 7.80. The molecule has 2 aliphatic rings. The second-order valence-electron chi connectivity index (χ2n) is 6.29. The van der Waals surface area contributed by atoms with Gasteiger partial charge in [-0.3, -0.25) is 9.59 Å². The predicted molar refractivity (Wildman–Crippen MR) is 61.3 cm³/mol. The first kappa shape index (κ1) is 12.4. The number of carbonyl (C=O) groups excluding carboxylic acids is 1. The lowest BCUT2D eigenvalue weighted by Crippen LogP contribution is -2.32. The van der Waals surface area contributed by atoms with E-state index in [1.807, 2.05) is 20.8 Å². The lowest BCUT2D eigenvalue weighted by molar-refractivity contribution is -0.162. The second-order valence-corrected chi connectivity index (χ2v) is 6.29. The fraction of sp³-hybridized carbons (Fsp3) is 0.846. The Morgan fingerprint density at radius 2 is 1.88 bits per heavy atom. The molecule has 0 radical (unpaired) electrons. The van der Waals surface area contributed by atoms with Gasteiger partial charge >= 0.3 is 11.9 Å². The SMILES string of the molecule is CC(C)(C)C(=O)OC1CC2CCC1C2C(=O)O. The number of hydrogen-bond acceptors (Lipinski definition) is 3. The van der Waals surface area contributed by atoms with Gasteiger partial charge in [0.05, 0.1) is 11.3 Å². The summed E-state index contributed by atoms with van der Waals surface area (Å²) in [6, 6.07) is 0. The normalized spacial score (nSPS) is 35.9. The van der Waals surface area contributed by atoms with Crippen LogP contribution in [-0.2, 0) is 14.3 Å². The van der Waals surface area contributed by atoms with Crippen molar-refractivity contribution >= 4 is 11.9 Å². The van der Waals surface area contributed by atoms with Gasteiger partial charge in [-0.2, -0.15) is 0 Å². The van der Waals surface area contributed by atoms with E-state index in [1.54, 1.807) is 0 Å². The van der Waals surface area contributed by atoms with Crippen LogP contribution in [0.15, 0.2) is 0 Å². The third kappa shape index (κ3) is 2.17. The molecule has 2 saturated carbocycles. The Balaban J connectivity index is 2.02. The summed E-state index contributed by atoms with van der Waals surface area (Å²) >= 11 is 0. The average Bonchev–Trinajstić information content (AvgIpc) is 2.72. The van der Waals surface area contributed by atoms with E-state index in [9.17, 15) is 9.59 Å². The quantitative estimate of drug-likeness (QED) is 0.750. The molecule has 2 bridgehead atoms. The van der Waals surface area contributed by atoms with E-state index in [4.69, 9.17) is 9.84 Å². The summed E-state index contributed by atoms with van der Waals surface area (Å²) in [6.07, 6.45) is 2.39. The van der Waals surface area contributed by atoms with Crippen molar-refractivity contribution in [1.29, 1.82) is 0 Å². The molecule has 0 amide bonds. The fourth-order valence-electron chi connectivity index (χ4n) is 3.10. The van der Waals surface area contributed by atoms with Gasteiger partial charge in [0.2, 0.25) is 0 Å². The maximum atomic E-state index is 11.8. The monoisotopic (exact) mass is 240 g/mol. The molecule has 4 unspecified atom stereocenters. The molecule has 2 rings (SSSR count). The number of aliphatic carboxylic acids is 1. The number of hydrogen-bond donors (Lipinski definition) is 1. The number of rotatable bonds is 2. The Hall–Kier alpha value is -1.06. The molecule has 17 heavy (non-hydrogen) atoms. The zero-order valence-corrected chi connectivity index (χ0v) is 10.6. The molecular formula is C13H20O4. The first-order valence-corrected chi connectivity index (χ1v) is 6.24. The lowest BCUT2D eigenvalue weighted by Gasteiger charge is -2.26. The second kappa shape index (κ2) is 4.00. The highest BCUT2D eigenvalue weighted by molar-refractivity contribution is 5.76. The molecule has 0 aromatic rings. The summed E-state index contributed by atoms with van der Waals surface area (Å²) in [5, 5.41) is 9.17. The number of carboxylic acids is 1. The highest BCUT2D eigenvalue weighted by Gasteiger charge is 2.53. The van der Waals surface area contributed by atoms with Gasteiger partial charge in [0.1, 0.15) is 6.10 Å². The predicted octanol–water partition coefficient (Wildman–Crippen LogP) is 2.07. The topological polar surface area (TPSA) is 63.6 Å². The van der Waals surface area contributed by atoms with E-state index in [2.05, 4.69) is 0 Å². The molecule has 1 N–H and O–H groups in total. The number of fused-ring (bicyclic) bond motifs is 2. The van der Waals surface area contributed by atoms with Crippen molar-refractivity contribution in [3.63, 3.8) is 0 Å². The van der Waals surface area contributed by atoms with Crippen LogP contribution in [-0.4, -0.2) is 23.1 Å². The van der Waals surface area contributed by atoms with Crippen molar-refractivity contribution in [3.8, 4) is 0 Å². The van der Waals surface area contributed by atoms with Crippen LogP contribution < -0.4 is 0 Å². The summed E-state index contributed by atoms with van der Waals surface area (Å²) in [5.41, 5.74) is -0.513. The number of carboxylic acid groups (broad SMARTS) is 1. The van der Waals surface area contributed by atoms with Crippen LogP contribution in [0.3, 0.4) is 0 Å². The third-order valence-corrected chi connectivity index (χ3v) is 4.01. The summed E-state index contributed by atoms with van der Waals surface area (Å²) in [5.74, 6) is -1.02. The van der Waals surface area contributed by atoms with Crippen LogP contribution in [0, 0.1) is 23.2 Å². The molecule has 0 aliphatic heterocycles. The average molecular weight is 240 g/mol. The molecule has 2 fully saturated rings. The van der Waals surface area contributed by atoms with Crippen LogP contribution in [0.4, 0.5) is 0 Å². The van der Waals surface area contributed by atoms with E-state index < -0.39 is 11.4 Å². The molecule has 0 spiro atoms. The van der Waals surface area contributed by atoms with Crippen molar-refractivity contribution in [2.24, 2.45) is 23.2 Å². The van der Waals surface area contributed by atoms with Crippen molar-refractivity contribution in [2.45, 2.75) is 46.1 Å². The lowest BCUT2D eigenvalue weighted by atomic mass is 9.94. The smallest absolute Gasteiger partial charge is 0.311 e. The van der Waals surface area contributed by atoms with Gasteiger partial charge in [0.15, 0.2) is 0 Å². The van der Waals surface area contributed by atoms with Gasteiger partial charge in [-0.05, 0) is 46.0 Å². The molecule has 0 saturated heterocycles. The third-order valence-electron chi connectivity index (χ3n) is 4.01. The highest BCUT2D eigenvalue weighted by atomic mass is 16.5. The Morgan fingerprint density at radius 3 is 2.35 bits per heavy atom. The minimum Gasteiger partial charge on any atom is -0.481 e. The molecule has 4 nitrogen and oxygen atoms in total. The Morgan fingerprint density at radius 1 is 1.24 bits per heavy atom. The van der Waals surface area contributed by atoms with Crippen molar-refractivity contribution in [3.05, 3.63) is 0 Å². The maximum absolute atomic E-state index is 11.8. The molecule has 0 aromatic carbocycles. The first-order valence-electron chi connectivity index (χ1n) is 6.24. The van der Waals surface area contributed by atoms with Crippen LogP contribution in [0.2, 0.25) is 0 Å². The Kier molecular flexibility index (Phi) is 2.92. The van der Waals surface area contributed by atoms with Crippen LogP contribution in [0.1, 0.15) is 40.0 Å². The van der Waals surface area contributed by atoms with Crippen molar-refractivity contribution in [2.75, 3.05) is 0 Å². The Bertz CT molecular complexity index is 342. The maximum Gasteiger partial charge on any atom is 0.311 e. The van der Waals surface area contributed by atoms with Gasteiger partial charge in [-0.1, -0.05) is 0 Å².